The fraction of sp³-hybridized carbons (Fsp3) is 1.00. The molecule has 0 bridgehead atoms. The van der Waals surface area contributed by atoms with E-state index >= 15 is 0 Å². The van der Waals surface area contributed by atoms with Gasteiger partial charge in [0.25, 0.3) is 0 Å². The Kier molecular flexibility index (Phi) is 8.03. The van der Waals surface area contributed by atoms with Gasteiger partial charge in [0.2, 0.25) is 0 Å². The predicted octanol–water partition coefficient (Wildman–Crippen LogP) is 4.32. The molecular weight excluding hydrogens is 296 g/mol. The van der Waals surface area contributed by atoms with Gasteiger partial charge in [0.1, 0.15) is 0 Å². The molecule has 1 N–H and O–H groups in total. The van der Waals surface area contributed by atoms with Crippen molar-refractivity contribution in [3.8, 4) is 0 Å². The normalized spacial score (nSPS) is 30.4. The van der Waals surface area contributed by atoms with Crippen LogP contribution in [0.3, 0.4) is 0 Å². The molecule has 142 valence electrons. The second-order valence-corrected chi connectivity index (χ2v) is 9.32. The van der Waals surface area contributed by atoms with Gasteiger partial charge >= 0.3 is 0 Å². The summed E-state index contributed by atoms with van der Waals surface area (Å²) in [6.45, 7) is 14.0. The van der Waals surface area contributed by atoms with Gasteiger partial charge in [-0.25, -0.2) is 0 Å². The zero-order valence-corrected chi connectivity index (χ0v) is 16.9. The first kappa shape index (κ1) is 20.2. The Morgan fingerprint density at radius 2 is 1.83 bits per heavy atom. The Morgan fingerprint density at radius 3 is 2.46 bits per heavy atom. The lowest BCUT2D eigenvalue weighted by molar-refractivity contribution is -0.0763. The largest absolute Gasteiger partial charge is 0.378 e. The summed E-state index contributed by atoms with van der Waals surface area (Å²) in [6, 6.07) is 0.740. The molecule has 2 heterocycles. The topological polar surface area (TPSA) is 24.5 Å². The minimum atomic E-state index is 0.467. The summed E-state index contributed by atoms with van der Waals surface area (Å²) in [7, 11) is 2.24. The molecule has 2 atom stereocenters. The van der Waals surface area contributed by atoms with E-state index in [9.17, 15) is 0 Å². The Bertz CT molecular complexity index is 350. The lowest BCUT2D eigenvalue weighted by Crippen LogP contribution is -2.44. The predicted molar refractivity (Wildman–Crippen MR) is 103 cm³/mol. The molecule has 0 spiro atoms. The lowest BCUT2D eigenvalue weighted by Gasteiger charge is -2.43. The third kappa shape index (κ3) is 6.31. The zero-order chi connectivity index (χ0) is 17.6. The zero-order valence-electron chi connectivity index (χ0n) is 16.9. The van der Waals surface area contributed by atoms with Crippen LogP contribution in [0, 0.1) is 17.3 Å². The monoisotopic (exact) mass is 338 g/mol. The lowest BCUT2D eigenvalue weighted by atomic mass is 9.69. The quantitative estimate of drug-likeness (QED) is 0.713. The van der Waals surface area contributed by atoms with Crippen LogP contribution in [0.4, 0.5) is 0 Å². The maximum absolute atomic E-state index is 6.08. The maximum atomic E-state index is 6.08. The van der Waals surface area contributed by atoms with Crippen LogP contribution in [0.15, 0.2) is 0 Å². The first-order valence-electron chi connectivity index (χ1n) is 10.4. The number of piperidine rings is 1. The molecule has 2 aliphatic heterocycles. The number of ether oxygens (including phenoxy) is 1. The van der Waals surface area contributed by atoms with Crippen LogP contribution in [0.25, 0.3) is 0 Å². The van der Waals surface area contributed by atoms with E-state index in [2.05, 4.69) is 45.0 Å². The summed E-state index contributed by atoms with van der Waals surface area (Å²) in [5, 5.41) is 3.88. The SMILES string of the molecule is CC(C)CCC1(CCNC2CCN(C)CC2)CCOC(C(C)C)C1. The van der Waals surface area contributed by atoms with Crippen LogP contribution in [0.5, 0.6) is 0 Å². The number of hydrogen-bond donors (Lipinski definition) is 1. The molecule has 0 aromatic carbocycles. The molecular formula is C21H42N2O. The average Bonchev–Trinajstić information content (AvgIpc) is 2.55. The van der Waals surface area contributed by atoms with E-state index in [4.69, 9.17) is 4.74 Å². The van der Waals surface area contributed by atoms with Crippen LogP contribution >= 0.6 is 0 Å². The molecule has 2 unspecified atom stereocenters. The third-order valence-electron chi connectivity index (χ3n) is 6.40. The van der Waals surface area contributed by atoms with Crippen LogP contribution in [0.2, 0.25) is 0 Å². The number of nitrogens with zero attached hydrogens (tertiary/aromatic N) is 1. The van der Waals surface area contributed by atoms with Gasteiger partial charge in [0.05, 0.1) is 6.10 Å². The summed E-state index contributed by atoms with van der Waals surface area (Å²) in [4.78, 5) is 2.45. The van der Waals surface area contributed by atoms with Gasteiger partial charge in [0, 0.05) is 12.6 Å². The van der Waals surface area contributed by atoms with Crippen LogP contribution in [-0.4, -0.2) is 50.3 Å². The van der Waals surface area contributed by atoms with Gasteiger partial charge in [-0.1, -0.05) is 34.1 Å². The Hall–Kier alpha value is -0.120. The second kappa shape index (κ2) is 9.54. The van der Waals surface area contributed by atoms with Gasteiger partial charge in [-0.05, 0) is 82.5 Å². The molecule has 2 aliphatic rings. The van der Waals surface area contributed by atoms with Gasteiger partial charge in [-0.3, -0.25) is 0 Å². The van der Waals surface area contributed by atoms with Crippen molar-refractivity contribution < 1.29 is 4.74 Å². The van der Waals surface area contributed by atoms with E-state index in [1.807, 2.05) is 0 Å². The molecule has 0 radical (unpaired) electrons. The highest BCUT2D eigenvalue weighted by Crippen LogP contribution is 2.43. The Morgan fingerprint density at radius 1 is 1.12 bits per heavy atom. The van der Waals surface area contributed by atoms with E-state index in [1.165, 1.54) is 64.6 Å². The fourth-order valence-electron chi connectivity index (χ4n) is 4.37. The van der Waals surface area contributed by atoms with Crippen molar-refractivity contribution in [1.82, 2.24) is 10.2 Å². The molecule has 2 saturated heterocycles. The van der Waals surface area contributed by atoms with E-state index < -0.39 is 0 Å². The number of likely N-dealkylation sites (tertiary alicyclic amines) is 1. The number of rotatable bonds is 8. The number of hydrogen-bond acceptors (Lipinski definition) is 3. The molecule has 3 heteroatoms. The van der Waals surface area contributed by atoms with Crippen LogP contribution in [0.1, 0.15) is 72.6 Å². The van der Waals surface area contributed by atoms with Crippen molar-refractivity contribution >= 4 is 0 Å². The highest BCUT2D eigenvalue weighted by molar-refractivity contribution is 4.88. The second-order valence-electron chi connectivity index (χ2n) is 9.32. The van der Waals surface area contributed by atoms with E-state index in [-0.39, 0.29) is 0 Å². The van der Waals surface area contributed by atoms with Gasteiger partial charge in [-0.2, -0.15) is 0 Å². The van der Waals surface area contributed by atoms with Crippen molar-refractivity contribution in [2.24, 2.45) is 17.3 Å². The first-order valence-corrected chi connectivity index (χ1v) is 10.4. The van der Waals surface area contributed by atoms with Crippen LogP contribution < -0.4 is 5.32 Å². The molecule has 2 rings (SSSR count). The van der Waals surface area contributed by atoms with Crippen molar-refractivity contribution in [1.29, 1.82) is 0 Å². The Labute approximate surface area is 150 Å². The first-order chi connectivity index (χ1) is 11.4. The maximum Gasteiger partial charge on any atom is 0.0603 e. The van der Waals surface area contributed by atoms with E-state index in [1.54, 1.807) is 0 Å². The molecule has 0 aromatic heterocycles. The summed E-state index contributed by atoms with van der Waals surface area (Å²) >= 11 is 0. The minimum absolute atomic E-state index is 0.467. The van der Waals surface area contributed by atoms with Crippen LogP contribution in [-0.2, 0) is 4.74 Å². The highest BCUT2D eigenvalue weighted by atomic mass is 16.5. The van der Waals surface area contributed by atoms with Crippen molar-refractivity contribution in [2.75, 3.05) is 33.3 Å². The molecule has 2 fully saturated rings. The smallest absolute Gasteiger partial charge is 0.0603 e. The highest BCUT2D eigenvalue weighted by Gasteiger charge is 2.37. The summed E-state index contributed by atoms with van der Waals surface area (Å²) < 4.78 is 6.08. The number of nitrogens with one attached hydrogen (secondary N) is 1. The molecule has 3 nitrogen and oxygen atoms in total. The van der Waals surface area contributed by atoms with Crippen molar-refractivity contribution in [3.63, 3.8) is 0 Å². The average molecular weight is 339 g/mol. The van der Waals surface area contributed by atoms with Crippen molar-refractivity contribution in [2.45, 2.75) is 84.8 Å². The van der Waals surface area contributed by atoms with Gasteiger partial charge < -0.3 is 15.0 Å². The molecule has 0 amide bonds. The summed E-state index contributed by atoms with van der Waals surface area (Å²) in [6.07, 6.45) is 9.70. The summed E-state index contributed by atoms with van der Waals surface area (Å²) in [5.41, 5.74) is 0.510. The molecule has 24 heavy (non-hydrogen) atoms. The van der Waals surface area contributed by atoms with E-state index in [0.717, 1.165) is 18.6 Å². The third-order valence-corrected chi connectivity index (χ3v) is 6.40. The Balaban J connectivity index is 1.85. The molecule has 0 saturated carbocycles. The fourth-order valence-corrected chi connectivity index (χ4v) is 4.37. The van der Waals surface area contributed by atoms with Gasteiger partial charge in [-0.15, -0.1) is 0 Å². The summed E-state index contributed by atoms with van der Waals surface area (Å²) in [5.74, 6) is 1.45. The molecule has 0 aromatic rings. The van der Waals surface area contributed by atoms with E-state index in [0.29, 0.717) is 17.4 Å². The van der Waals surface area contributed by atoms with Gasteiger partial charge in [0.15, 0.2) is 0 Å². The standard InChI is InChI=1S/C21H42N2O/c1-17(2)6-9-21(11-15-24-20(16-21)18(3)4)10-12-22-19-7-13-23(5)14-8-19/h17-20,22H,6-16H2,1-5H3. The van der Waals surface area contributed by atoms with Crippen molar-refractivity contribution in [3.05, 3.63) is 0 Å². The minimum Gasteiger partial charge on any atom is -0.378 e. The molecule has 0 aliphatic carbocycles.